The van der Waals surface area contributed by atoms with E-state index in [0.717, 1.165) is 61.5 Å². The predicted octanol–water partition coefficient (Wildman–Crippen LogP) is 3.78. The number of pyridine rings is 2. The highest BCUT2D eigenvalue weighted by Crippen LogP contribution is 2.28. The summed E-state index contributed by atoms with van der Waals surface area (Å²) in [5.74, 6) is 1.99. The molecule has 6 rings (SSSR count). The first kappa shape index (κ1) is 31.5. The Kier molecular flexibility index (Phi) is 10.4. The summed E-state index contributed by atoms with van der Waals surface area (Å²) in [7, 11) is 0. The first-order valence-corrected chi connectivity index (χ1v) is 16.1. The largest absolute Gasteiger partial charge is 0.492 e. The van der Waals surface area contributed by atoms with Crippen molar-refractivity contribution in [3.63, 3.8) is 0 Å². The van der Waals surface area contributed by atoms with Crippen LogP contribution in [0.25, 0.3) is 0 Å². The first-order valence-electron chi connectivity index (χ1n) is 15.3. The normalized spacial score (nSPS) is 15.3. The number of rotatable bonds is 10. The summed E-state index contributed by atoms with van der Waals surface area (Å²) in [6.45, 7) is 7.60. The van der Waals surface area contributed by atoms with Crippen LogP contribution < -0.4 is 25.3 Å². The molecule has 4 N–H and O–H groups in total. The van der Waals surface area contributed by atoms with Crippen molar-refractivity contribution in [1.29, 1.82) is 5.41 Å². The lowest BCUT2D eigenvalue weighted by molar-refractivity contribution is -0.541. The second kappa shape index (κ2) is 15.2. The molecule has 0 saturated carbocycles. The van der Waals surface area contributed by atoms with Crippen molar-refractivity contribution in [2.24, 2.45) is 0 Å². The van der Waals surface area contributed by atoms with Crippen LogP contribution in [0.15, 0.2) is 95.0 Å². The van der Waals surface area contributed by atoms with Gasteiger partial charge in [0.15, 0.2) is 0 Å². The van der Waals surface area contributed by atoms with Crippen molar-refractivity contribution in [2.75, 3.05) is 81.7 Å². The number of morpholine rings is 2. The molecular formula is C34H38N7O4S+. The number of benzene rings is 2. The molecule has 11 nitrogen and oxygen atoms in total. The summed E-state index contributed by atoms with van der Waals surface area (Å²) in [6.07, 6.45) is 3.54. The monoisotopic (exact) mass is 640 g/mol. The number of amides is 1. The zero-order chi connectivity index (χ0) is 31.7. The highest BCUT2D eigenvalue weighted by molar-refractivity contribution is 7.99. The van der Waals surface area contributed by atoms with Crippen molar-refractivity contribution >= 4 is 40.8 Å². The molecule has 0 radical (unpaired) electrons. The van der Waals surface area contributed by atoms with Crippen LogP contribution in [-0.4, -0.2) is 87.4 Å². The maximum absolute atomic E-state index is 13.2. The molecule has 0 spiro atoms. The number of nitrogen functional groups attached to an aromatic ring is 1. The molecule has 12 heteroatoms. The maximum Gasteiger partial charge on any atom is 0.266 e. The Morgan fingerprint density at radius 3 is 2.52 bits per heavy atom. The molecule has 2 aliphatic heterocycles. The Labute approximate surface area is 272 Å². The number of nitrogens with one attached hydrogen (secondary N) is 2. The van der Waals surface area contributed by atoms with Crippen LogP contribution in [0.4, 0.5) is 17.3 Å². The third-order valence-corrected chi connectivity index (χ3v) is 8.72. The fourth-order valence-corrected chi connectivity index (χ4v) is 6.14. The van der Waals surface area contributed by atoms with Gasteiger partial charge in [0.25, 0.3) is 11.7 Å². The third-order valence-electron chi connectivity index (χ3n) is 7.75. The lowest BCUT2D eigenvalue weighted by atomic mass is 10.2. The first-order chi connectivity index (χ1) is 22.5. The highest BCUT2D eigenvalue weighted by atomic mass is 32.2. The Morgan fingerprint density at radius 2 is 1.70 bits per heavy atom. The number of ether oxygens (including phenoxy) is 3. The van der Waals surface area contributed by atoms with E-state index >= 15 is 0 Å². The number of nitrogens with zero attached hydrogens (tertiary/aromatic N) is 4. The Morgan fingerprint density at radius 1 is 0.935 bits per heavy atom. The van der Waals surface area contributed by atoms with Gasteiger partial charge in [-0.1, -0.05) is 23.9 Å². The zero-order valence-corrected chi connectivity index (χ0v) is 26.4. The van der Waals surface area contributed by atoms with Gasteiger partial charge in [0.2, 0.25) is 5.82 Å². The van der Waals surface area contributed by atoms with E-state index in [2.05, 4.69) is 20.1 Å². The van der Waals surface area contributed by atoms with Gasteiger partial charge in [-0.3, -0.25) is 9.69 Å². The lowest BCUT2D eigenvalue weighted by Gasteiger charge is -2.28. The molecule has 2 aromatic heterocycles. The van der Waals surface area contributed by atoms with Crippen molar-refractivity contribution in [1.82, 2.24) is 9.88 Å². The SMILES string of the molecule is N=C(c1cccc(OCCN2CCOCC2)c1)[n+]1cc(Sc2cccc(C(=O)Nc3ccnc(N4CCOCC4)c3)c2)ccc1N. The second-order valence-corrected chi connectivity index (χ2v) is 12.1. The lowest BCUT2D eigenvalue weighted by Crippen LogP contribution is -2.45. The fourth-order valence-electron chi connectivity index (χ4n) is 5.24. The van der Waals surface area contributed by atoms with Gasteiger partial charge in [-0.05, 0) is 48.5 Å². The van der Waals surface area contributed by atoms with Crippen LogP contribution in [0.2, 0.25) is 0 Å². The van der Waals surface area contributed by atoms with Crippen molar-refractivity contribution in [2.45, 2.75) is 9.79 Å². The number of carbonyl (C=O) groups excluding carboxylic acids is 1. The number of hydrogen-bond donors (Lipinski definition) is 3. The molecule has 1 amide bonds. The van der Waals surface area contributed by atoms with E-state index < -0.39 is 0 Å². The average Bonchev–Trinajstić information content (AvgIpc) is 3.10. The van der Waals surface area contributed by atoms with E-state index in [1.54, 1.807) is 29.0 Å². The molecule has 2 saturated heterocycles. The second-order valence-electron chi connectivity index (χ2n) is 10.9. The van der Waals surface area contributed by atoms with Gasteiger partial charge >= 0.3 is 0 Å². The maximum atomic E-state index is 13.2. The number of nitrogens with two attached hydrogens (primary N) is 1. The topological polar surface area (TPSA) is 130 Å². The Hall–Kier alpha value is -4.49. The molecule has 0 bridgehead atoms. The summed E-state index contributed by atoms with van der Waals surface area (Å²) < 4.78 is 18.5. The molecule has 0 atom stereocenters. The molecule has 2 fully saturated rings. The average molecular weight is 641 g/mol. The molecule has 2 aromatic carbocycles. The highest BCUT2D eigenvalue weighted by Gasteiger charge is 2.17. The molecule has 0 aliphatic carbocycles. The minimum Gasteiger partial charge on any atom is -0.492 e. The van der Waals surface area contributed by atoms with Crippen LogP contribution >= 0.6 is 11.8 Å². The number of aromatic nitrogens is 2. The zero-order valence-electron chi connectivity index (χ0n) is 25.6. The van der Waals surface area contributed by atoms with Crippen molar-refractivity contribution in [3.8, 4) is 5.75 Å². The fraction of sp³-hybridized carbons (Fsp3) is 0.294. The van der Waals surface area contributed by atoms with E-state index in [4.69, 9.17) is 25.4 Å². The Balaban J connectivity index is 1.10. The summed E-state index contributed by atoms with van der Waals surface area (Å²) in [5.41, 5.74) is 8.23. The summed E-state index contributed by atoms with van der Waals surface area (Å²) >= 11 is 1.49. The van der Waals surface area contributed by atoms with E-state index in [9.17, 15) is 4.79 Å². The van der Waals surface area contributed by atoms with Crippen LogP contribution in [-0.2, 0) is 9.47 Å². The van der Waals surface area contributed by atoms with Crippen LogP contribution in [0.3, 0.4) is 0 Å². The van der Waals surface area contributed by atoms with E-state index in [0.29, 0.717) is 48.2 Å². The van der Waals surface area contributed by atoms with Gasteiger partial charge in [0.1, 0.15) is 18.2 Å². The van der Waals surface area contributed by atoms with Gasteiger partial charge < -0.3 is 30.2 Å². The molecular weight excluding hydrogens is 602 g/mol. The van der Waals surface area contributed by atoms with Gasteiger partial charge in [-0.25, -0.2) is 9.55 Å². The summed E-state index contributed by atoms with van der Waals surface area (Å²) in [5, 5.41) is 11.9. The van der Waals surface area contributed by atoms with Crippen molar-refractivity contribution < 1.29 is 23.6 Å². The van der Waals surface area contributed by atoms with Gasteiger partial charge in [0, 0.05) is 72.1 Å². The summed E-state index contributed by atoms with van der Waals surface area (Å²) in [4.78, 5) is 23.9. The minimum atomic E-state index is -0.206. The standard InChI is InChI=1S/C34H37N7O4S/c35-31-8-7-30(24-41(31)33(36)25-3-1-5-28(21-25)45-20-13-39-11-16-43-17-12-39)46-29-6-2-4-26(22-29)34(42)38-27-9-10-37-32(23-27)40-14-18-44-19-15-40/h1-10,21-24,35-36H,11-20H2,(H,37,38,42)/p+1. The van der Waals surface area contributed by atoms with Crippen LogP contribution in [0.1, 0.15) is 15.9 Å². The predicted molar refractivity (Wildman–Crippen MR) is 178 cm³/mol. The number of anilines is 3. The Bertz CT molecular complexity index is 1680. The van der Waals surface area contributed by atoms with Crippen molar-refractivity contribution in [3.05, 3.63) is 96.3 Å². The molecule has 0 unspecified atom stereocenters. The smallest absolute Gasteiger partial charge is 0.266 e. The quantitative estimate of drug-likeness (QED) is 0.135. The molecule has 238 valence electrons. The van der Waals surface area contributed by atoms with Gasteiger partial charge in [-0.2, -0.15) is 5.41 Å². The number of carbonyl (C=O) groups is 1. The molecule has 46 heavy (non-hydrogen) atoms. The van der Waals surface area contributed by atoms with Crippen LogP contribution in [0, 0.1) is 5.41 Å². The van der Waals surface area contributed by atoms with E-state index in [1.807, 2.05) is 60.8 Å². The summed E-state index contributed by atoms with van der Waals surface area (Å²) in [6, 6.07) is 22.3. The minimum absolute atomic E-state index is 0.206. The van der Waals surface area contributed by atoms with Crippen LogP contribution in [0.5, 0.6) is 5.75 Å². The third kappa shape index (κ3) is 8.20. The van der Waals surface area contributed by atoms with Gasteiger partial charge in [0.05, 0.1) is 38.2 Å². The van der Waals surface area contributed by atoms with E-state index in [-0.39, 0.29) is 11.7 Å². The van der Waals surface area contributed by atoms with E-state index in [1.165, 1.54) is 11.8 Å². The molecule has 2 aliphatic rings. The van der Waals surface area contributed by atoms with Gasteiger partial charge in [-0.15, -0.1) is 0 Å². The number of hydrogen-bond acceptors (Lipinski definition) is 10. The molecule has 4 heterocycles. The molecule has 4 aromatic rings.